The topological polar surface area (TPSA) is 113 Å². The van der Waals surface area contributed by atoms with Crippen LogP contribution >= 0.6 is 11.3 Å². The molecule has 5 rings (SSSR count). The van der Waals surface area contributed by atoms with Crippen LogP contribution in [0.15, 0.2) is 98.7 Å². The molecule has 0 spiro atoms. The van der Waals surface area contributed by atoms with Gasteiger partial charge in [0.25, 0.3) is 5.56 Å². The summed E-state index contributed by atoms with van der Waals surface area (Å²) in [4.78, 5) is 31.9. The number of aryl methyl sites for hydroxylation is 1. The van der Waals surface area contributed by atoms with E-state index in [0.29, 0.717) is 26.2 Å². The monoisotopic (exact) mass is 618 g/mol. The summed E-state index contributed by atoms with van der Waals surface area (Å²) in [7, 11) is -4.10. The Labute approximate surface area is 253 Å². The number of aromatic nitrogens is 1. The Kier molecular flexibility index (Phi) is 8.65. The molecule has 1 aliphatic heterocycles. The maximum atomic E-state index is 13.9. The number of nitrogens with zero attached hydrogens (tertiary/aromatic N) is 2. The molecule has 0 unspecified atom stereocenters. The van der Waals surface area contributed by atoms with Crippen LogP contribution in [-0.2, 0) is 19.6 Å². The van der Waals surface area contributed by atoms with E-state index in [2.05, 4.69) is 4.99 Å². The van der Waals surface area contributed by atoms with Gasteiger partial charge in [-0.25, -0.2) is 9.79 Å². The van der Waals surface area contributed by atoms with Crippen molar-refractivity contribution in [2.75, 3.05) is 13.2 Å². The van der Waals surface area contributed by atoms with Crippen molar-refractivity contribution in [3.8, 4) is 11.5 Å². The van der Waals surface area contributed by atoms with Crippen molar-refractivity contribution in [1.82, 2.24) is 4.57 Å². The summed E-state index contributed by atoms with van der Waals surface area (Å²) in [5.74, 6) is -0.286. The molecule has 0 fully saturated rings. The summed E-state index contributed by atoms with van der Waals surface area (Å²) in [6.07, 6.45) is 1.68. The van der Waals surface area contributed by atoms with Crippen LogP contribution in [0.3, 0.4) is 0 Å². The van der Waals surface area contributed by atoms with Gasteiger partial charge >= 0.3 is 16.1 Å². The first-order valence-electron chi connectivity index (χ1n) is 13.7. The highest BCUT2D eigenvalue weighted by Crippen LogP contribution is 2.32. The molecule has 11 heteroatoms. The molecule has 43 heavy (non-hydrogen) atoms. The van der Waals surface area contributed by atoms with Crippen LogP contribution in [0, 0.1) is 6.92 Å². The zero-order valence-electron chi connectivity index (χ0n) is 24.1. The molecule has 0 amide bonds. The van der Waals surface area contributed by atoms with Gasteiger partial charge in [0.2, 0.25) is 0 Å². The van der Waals surface area contributed by atoms with Crippen molar-refractivity contribution < 1.29 is 26.9 Å². The largest absolute Gasteiger partial charge is 0.490 e. The van der Waals surface area contributed by atoms with Gasteiger partial charge in [0.15, 0.2) is 16.3 Å². The number of fused-ring (bicyclic) bond motifs is 1. The van der Waals surface area contributed by atoms with Crippen molar-refractivity contribution in [3.63, 3.8) is 0 Å². The summed E-state index contributed by atoms with van der Waals surface area (Å²) in [6.45, 7) is 7.55. The van der Waals surface area contributed by atoms with E-state index in [0.717, 1.165) is 11.1 Å². The van der Waals surface area contributed by atoms with Gasteiger partial charge in [-0.2, -0.15) is 8.42 Å². The molecule has 3 aromatic carbocycles. The van der Waals surface area contributed by atoms with Crippen molar-refractivity contribution >= 4 is 33.5 Å². The van der Waals surface area contributed by atoms with Gasteiger partial charge in [-0.05, 0) is 69.2 Å². The van der Waals surface area contributed by atoms with Crippen LogP contribution in [-0.4, -0.2) is 32.2 Å². The van der Waals surface area contributed by atoms with E-state index < -0.39 is 22.1 Å². The number of thiazole rings is 1. The quantitative estimate of drug-likeness (QED) is 0.203. The lowest BCUT2D eigenvalue weighted by atomic mass is 9.96. The predicted octanol–water partition coefficient (Wildman–Crippen LogP) is 4.27. The fourth-order valence-electron chi connectivity index (χ4n) is 4.72. The molecule has 0 aliphatic carbocycles. The summed E-state index contributed by atoms with van der Waals surface area (Å²) in [5.41, 5.74) is 2.73. The van der Waals surface area contributed by atoms with Crippen LogP contribution < -0.4 is 23.8 Å². The highest BCUT2D eigenvalue weighted by Gasteiger charge is 2.33. The minimum absolute atomic E-state index is 0.0242. The van der Waals surface area contributed by atoms with Crippen LogP contribution in [0.5, 0.6) is 11.5 Å². The minimum atomic E-state index is -4.10. The standard InChI is InChI=1S/C32H30N2O7S2/c1-5-39-26-18-22(14-17-25(26)41-43(37,38)24-15-12-20(3)13-16-24)19-27-30(35)34-29(23-10-8-7-9-11-23)28(31(36)40-6-2)21(4)33-32(34)42-27/h7-19,29H,5-6H2,1-4H3/b27-19+/t29-/m0/s1. The van der Waals surface area contributed by atoms with Crippen LogP contribution in [0.25, 0.3) is 6.08 Å². The number of allylic oxidation sites excluding steroid dienone is 1. The number of benzene rings is 3. The van der Waals surface area contributed by atoms with Gasteiger partial charge in [0, 0.05) is 0 Å². The molecule has 1 aliphatic rings. The number of ether oxygens (including phenoxy) is 2. The van der Waals surface area contributed by atoms with Gasteiger partial charge in [-0.3, -0.25) is 9.36 Å². The zero-order chi connectivity index (χ0) is 30.7. The van der Waals surface area contributed by atoms with Crippen molar-refractivity contribution in [2.45, 2.75) is 38.6 Å². The highest BCUT2D eigenvalue weighted by molar-refractivity contribution is 7.87. The number of carbonyl (C=O) groups is 1. The third-order valence-electron chi connectivity index (χ3n) is 6.71. The fourth-order valence-corrected chi connectivity index (χ4v) is 6.70. The highest BCUT2D eigenvalue weighted by atomic mass is 32.2. The number of carbonyl (C=O) groups excluding carboxylic acids is 1. The third-order valence-corrected chi connectivity index (χ3v) is 8.94. The van der Waals surface area contributed by atoms with Gasteiger partial charge in [0.05, 0.1) is 35.1 Å². The second-order valence-electron chi connectivity index (χ2n) is 9.70. The molecule has 9 nitrogen and oxygen atoms in total. The summed E-state index contributed by atoms with van der Waals surface area (Å²) in [5, 5.41) is 0. The molecule has 2 heterocycles. The molecule has 0 saturated heterocycles. The molecule has 1 atom stereocenters. The Morgan fingerprint density at radius 1 is 0.977 bits per heavy atom. The van der Waals surface area contributed by atoms with E-state index >= 15 is 0 Å². The molecule has 222 valence electrons. The number of rotatable bonds is 9. The summed E-state index contributed by atoms with van der Waals surface area (Å²) >= 11 is 1.19. The van der Waals surface area contributed by atoms with E-state index in [4.69, 9.17) is 13.7 Å². The molecular weight excluding hydrogens is 588 g/mol. The van der Waals surface area contributed by atoms with Crippen LogP contribution in [0.2, 0.25) is 0 Å². The van der Waals surface area contributed by atoms with E-state index in [9.17, 15) is 18.0 Å². The first-order chi connectivity index (χ1) is 20.6. The summed E-state index contributed by atoms with van der Waals surface area (Å²) < 4.78 is 44.2. The molecular formula is C32H30N2O7S2. The maximum Gasteiger partial charge on any atom is 0.339 e. The average Bonchev–Trinajstić information content (AvgIpc) is 3.28. The summed E-state index contributed by atoms with van der Waals surface area (Å²) in [6, 6.07) is 19.7. The van der Waals surface area contributed by atoms with Gasteiger partial charge in [-0.15, -0.1) is 0 Å². The first-order valence-corrected chi connectivity index (χ1v) is 15.9. The minimum Gasteiger partial charge on any atom is -0.490 e. The molecule has 0 saturated carbocycles. The number of hydrogen-bond donors (Lipinski definition) is 0. The van der Waals surface area contributed by atoms with E-state index in [1.807, 2.05) is 37.3 Å². The third kappa shape index (κ3) is 6.18. The van der Waals surface area contributed by atoms with E-state index in [-0.39, 0.29) is 35.2 Å². The Morgan fingerprint density at radius 2 is 1.70 bits per heavy atom. The number of hydrogen-bond acceptors (Lipinski definition) is 9. The average molecular weight is 619 g/mol. The molecule has 0 bridgehead atoms. The smallest absolute Gasteiger partial charge is 0.339 e. The second kappa shape index (κ2) is 12.4. The van der Waals surface area contributed by atoms with Gasteiger partial charge < -0.3 is 13.7 Å². The van der Waals surface area contributed by atoms with Crippen molar-refractivity contribution in [3.05, 3.63) is 120 Å². The molecule has 0 N–H and O–H groups in total. The van der Waals surface area contributed by atoms with Gasteiger partial charge in [0.1, 0.15) is 4.90 Å². The van der Waals surface area contributed by atoms with Gasteiger partial charge in [-0.1, -0.05) is 65.4 Å². The molecule has 1 aromatic heterocycles. The molecule has 4 aromatic rings. The van der Waals surface area contributed by atoms with Crippen LogP contribution in [0.4, 0.5) is 0 Å². The predicted molar refractivity (Wildman–Crippen MR) is 163 cm³/mol. The van der Waals surface area contributed by atoms with Crippen molar-refractivity contribution in [1.29, 1.82) is 0 Å². The fraction of sp³-hybridized carbons (Fsp3) is 0.219. The zero-order valence-corrected chi connectivity index (χ0v) is 25.7. The Morgan fingerprint density at radius 3 is 2.37 bits per heavy atom. The Bertz CT molecular complexity index is 1990. The van der Waals surface area contributed by atoms with E-state index in [1.54, 1.807) is 51.1 Å². The lowest BCUT2D eigenvalue weighted by Crippen LogP contribution is -2.39. The SMILES string of the molecule is CCOC(=O)C1=C(C)N=c2s/c(=C/c3ccc(OS(=O)(=O)c4ccc(C)cc4)c(OCC)c3)c(=O)n2[C@H]1c1ccccc1. The molecule has 0 radical (unpaired) electrons. The maximum absolute atomic E-state index is 13.9. The Hall–Kier alpha value is -4.48. The number of esters is 1. The first kappa shape index (κ1) is 30.0. The van der Waals surface area contributed by atoms with E-state index in [1.165, 1.54) is 34.1 Å². The lowest BCUT2D eigenvalue weighted by Gasteiger charge is -2.24. The lowest BCUT2D eigenvalue weighted by molar-refractivity contribution is -0.139. The van der Waals surface area contributed by atoms with Crippen molar-refractivity contribution in [2.24, 2.45) is 4.99 Å². The Balaban J connectivity index is 1.57. The normalized spacial score (nSPS) is 15.1. The van der Waals surface area contributed by atoms with Crippen LogP contribution in [0.1, 0.15) is 43.5 Å². The second-order valence-corrected chi connectivity index (χ2v) is 12.3.